The fraction of sp³-hybridized carbons (Fsp3) is 0.500. The van der Waals surface area contributed by atoms with Crippen LogP contribution < -0.4 is 0 Å². The van der Waals surface area contributed by atoms with Crippen molar-refractivity contribution in [2.75, 3.05) is 0 Å². The number of hydrogen-bond acceptors (Lipinski definition) is 3. The molecule has 1 saturated carbocycles. The Morgan fingerprint density at radius 1 is 1.53 bits per heavy atom. The lowest BCUT2D eigenvalue weighted by molar-refractivity contribution is -0.136. The first kappa shape index (κ1) is 10.8. The Hall–Kier alpha value is -1.36. The zero-order chi connectivity index (χ0) is 11.8. The minimum atomic E-state index is -0.791. The molecule has 2 aromatic heterocycles. The second-order valence-corrected chi connectivity index (χ2v) is 5.43. The van der Waals surface area contributed by atoms with E-state index in [0.717, 1.165) is 16.3 Å². The summed E-state index contributed by atoms with van der Waals surface area (Å²) in [7, 11) is 0. The van der Waals surface area contributed by atoms with Gasteiger partial charge in [0.05, 0.1) is 12.1 Å². The molecule has 0 atom stereocenters. The standard InChI is InChI=1S/C12H14N2O2S/c15-11(16)5-9-7-17-12-13-10(6-14(9)12)8-3-1-2-4-8/h6-8H,1-5H2,(H,15,16). The molecule has 1 aliphatic rings. The third-order valence-corrected chi connectivity index (χ3v) is 4.30. The molecular weight excluding hydrogens is 236 g/mol. The first-order chi connectivity index (χ1) is 8.24. The quantitative estimate of drug-likeness (QED) is 0.911. The minimum Gasteiger partial charge on any atom is -0.481 e. The van der Waals surface area contributed by atoms with Gasteiger partial charge in [-0.25, -0.2) is 4.98 Å². The molecule has 1 N–H and O–H groups in total. The van der Waals surface area contributed by atoms with Crippen molar-refractivity contribution in [2.45, 2.75) is 38.0 Å². The van der Waals surface area contributed by atoms with Gasteiger partial charge in [0, 0.05) is 23.2 Å². The second-order valence-electron chi connectivity index (χ2n) is 4.60. The molecule has 1 aliphatic carbocycles. The lowest BCUT2D eigenvalue weighted by Crippen LogP contribution is -2.02. The number of nitrogens with zero attached hydrogens (tertiary/aromatic N) is 2. The molecular formula is C12H14N2O2S. The molecule has 1 fully saturated rings. The van der Waals surface area contributed by atoms with Crippen LogP contribution in [0, 0.1) is 0 Å². The summed E-state index contributed by atoms with van der Waals surface area (Å²) in [6.45, 7) is 0. The molecule has 3 rings (SSSR count). The SMILES string of the molecule is O=C(O)Cc1csc2nc(C3CCCC3)cn12. The maximum atomic E-state index is 10.7. The monoisotopic (exact) mass is 250 g/mol. The number of rotatable bonds is 3. The van der Waals surface area contributed by atoms with E-state index in [1.807, 2.05) is 16.0 Å². The molecule has 2 heterocycles. The van der Waals surface area contributed by atoms with Crippen molar-refractivity contribution < 1.29 is 9.90 Å². The van der Waals surface area contributed by atoms with Crippen LogP contribution >= 0.6 is 11.3 Å². The van der Waals surface area contributed by atoms with E-state index in [2.05, 4.69) is 4.98 Å². The number of carboxylic acids is 1. The van der Waals surface area contributed by atoms with E-state index in [1.54, 1.807) is 0 Å². The molecule has 0 unspecified atom stereocenters. The average Bonchev–Trinajstić information content (AvgIpc) is 2.93. The Kier molecular flexibility index (Phi) is 2.63. The molecule has 2 aromatic rings. The van der Waals surface area contributed by atoms with E-state index < -0.39 is 5.97 Å². The Morgan fingerprint density at radius 2 is 2.29 bits per heavy atom. The van der Waals surface area contributed by atoms with Crippen LogP contribution in [0.1, 0.15) is 43.0 Å². The van der Waals surface area contributed by atoms with Crippen molar-refractivity contribution in [3.05, 3.63) is 23.0 Å². The number of carbonyl (C=O) groups is 1. The van der Waals surface area contributed by atoms with Gasteiger partial charge >= 0.3 is 5.97 Å². The summed E-state index contributed by atoms with van der Waals surface area (Å²) in [5, 5.41) is 10.7. The van der Waals surface area contributed by atoms with E-state index in [1.165, 1.54) is 37.0 Å². The van der Waals surface area contributed by atoms with E-state index in [4.69, 9.17) is 5.11 Å². The zero-order valence-corrected chi connectivity index (χ0v) is 10.2. The number of aromatic nitrogens is 2. The number of hydrogen-bond donors (Lipinski definition) is 1. The van der Waals surface area contributed by atoms with Crippen molar-refractivity contribution in [2.24, 2.45) is 0 Å². The van der Waals surface area contributed by atoms with E-state index >= 15 is 0 Å². The van der Waals surface area contributed by atoms with Crippen molar-refractivity contribution >= 4 is 22.3 Å². The van der Waals surface area contributed by atoms with Gasteiger partial charge in [-0.2, -0.15) is 0 Å². The van der Waals surface area contributed by atoms with Crippen molar-refractivity contribution in [1.82, 2.24) is 9.38 Å². The van der Waals surface area contributed by atoms with Crippen LogP contribution in [0.2, 0.25) is 0 Å². The molecule has 4 nitrogen and oxygen atoms in total. The molecule has 17 heavy (non-hydrogen) atoms. The van der Waals surface area contributed by atoms with Gasteiger partial charge in [-0.05, 0) is 12.8 Å². The van der Waals surface area contributed by atoms with Gasteiger partial charge in [-0.15, -0.1) is 11.3 Å². The lowest BCUT2D eigenvalue weighted by Gasteiger charge is -2.02. The van der Waals surface area contributed by atoms with E-state index in [9.17, 15) is 4.79 Å². The number of imidazole rings is 1. The topological polar surface area (TPSA) is 54.6 Å². The molecule has 0 amide bonds. The third kappa shape index (κ3) is 1.95. The van der Waals surface area contributed by atoms with E-state index in [-0.39, 0.29) is 6.42 Å². The van der Waals surface area contributed by atoms with E-state index in [0.29, 0.717) is 5.92 Å². The molecule has 5 heteroatoms. The third-order valence-electron chi connectivity index (χ3n) is 3.41. The molecule has 90 valence electrons. The summed E-state index contributed by atoms with van der Waals surface area (Å²) in [4.78, 5) is 16.3. The highest BCUT2D eigenvalue weighted by Gasteiger charge is 2.21. The number of carboxylic acid groups (broad SMARTS) is 1. The van der Waals surface area contributed by atoms with Crippen LogP contribution in [0.3, 0.4) is 0 Å². The number of thiazole rings is 1. The van der Waals surface area contributed by atoms with Crippen LogP contribution in [0.15, 0.2) is 11.6 Å². The van der Waals surface area contributed by atoms with Gasteiger partial charge in [0.1, 0.15) is 0 Å². The van der Waals surface area contributed by atoms with Gasteiger partial charge in [-0.1, -0.05) is 12.8 Å². The highest BCUT2D eigenvalue weighted by Crippen LogP contribution is 2.34. The highest BCUT2D eigenvalue weighted by molar-refractivity contribution is 7.15. The van der Waals surface area contributed by atoms with Gasteiger partial charge in [-0.3, -0.25) is 9.20 Å². The number of aliphatic carboxylic acids is 1. The van der Waals surface area contributed by atoms with Gasteiger partial charge in [0.25, 0.3) is 0 Å². The first-order valence-corrected chi connectivity index (χ1v) is 6.79. The maximum absolute atomic E-state index is 10.7. The normalized spacial score (nSPS) is 16.9. The largest absolute Gasteiger partial charge is 0.481 e. The Balaban J connectivity index is 1.95. The smallest absolute Gasteiger partial charge is 0.309 e. The Bertz CT molecular complexity index is 552. The zero-order valence-electron chi connectivity index (χ0n) is 9.43. The molecule has 0 bridgehead atoms. The van der Waals surface area contributed by atoms with Gasteiger partial charge in [0.2, 0.25) is 0 Å². The van der Waals surface area contributed by atoms with Crippen LogP contribution in [0.5, 0.6) is 0 Å². The van der Waals surface area contributed by atoms with Gasteiger partial charge in [0.15, 0.2) is 4.96 Å². The second kappa shape index (κ2) is 4.14. The molecule has 0 radical (unpaired) electrons. The molecule has 0 saturated heterocycles. The fourth-order valence-corrected chi connectivity index (χ4v) is 3.43. The van der Waals surface area contributed by atoms with Crippen LogP contribution in [0.4, 0.5) is 0 Å². The summed E-state index contributed by atoms with van der Waals surface area (Å²) in [5.74, 6) is -0.208. The predicted octanol–water partition coefficient (Wildman–Crippen LogP) is 2.68. The van der Waals surface area contributed by atoms with Gasteiger partial charge < -0.3 is 5.11 Å². The average molecular weight is 250 g/mol. The van der Waals surface area contributed by atoms with Crippen molar-refractivity contribution in [3.63, 3.8) is 0 Å². The summed E-state index contributed by atoms with van der Waals surface area (Å²) >= 11 is 1.52. The van der Waals surface area contributed by atoms with Crippen LogP contribution in [-0.2, 0) is 11.2 Å². The fourth-order valence-electron chi connectivity index (χ4n) is 2.55. The predicted molar refractivity (Wildman–Crippen MR) is 65.6 cm³/mol. The maximum Gasteiger partial charge on any atom is 0.309 e. The van der Waals surface area contributed by atoms with Crippen molar-refractivity contribution in [1.29, 1.82) is 0 Å². The Labute approximate surface area is 103 Å². The van der Waals surface area contributed by atoms with Crippen LogP contribution in [-0.4, -0.2) is 20.5 Å². The summed E-state index contributed by atoms with van der Waals surface area (Å²) < 4.78 is 1.94. The molecule has 0 aromatic carbocycles. The summed E-state index contributed by atoms with van der Waals surface area (Å²) in [5.41, 5.74) is 1.97. The molecule has 0 aliphatic heterocycles. The highest BCUT2D eigenvalue weighted by atomic mass is 32.1. The Morgan fingerprint density at radius 3 is 3.00 bits per heavy atom. The minimum absolute atomic E-state index is 0.0699. The summed E-state index contributed by atoms with van der Waals surface area (Å²) in [6, 6.07) is 0. The molecule has 0 spiro atoms. The lowest BCUT2D eigenvalue weighted by atomic mass is 10.1. The summed E-state index contributed by atoms with van der Waals surface area (Å²) in [6.07, 6.45) is 7.12. The van der Waals surface area contributed by atoms with Crippen molar-refractivity contribution in [3.8, 4) is 0 Å². The number of fused-ring (bicyclic) bond motifs is 1. The first-order valence-electron chi connectivity index (χ1n) is 5.91. The van der Waals surface area contributed by atoms with Crippen LogP contribution in [0.25, 0.3) is 4.96 Å².